The van der Waals surface area contributed by atoms with Gasteiger partial charge in [0.15, 0.2) is 0 Å². The lowest BCUT2D eigenvalue weighted by Gasteiger charge is -2.16. The SMILES string of the molecule is Cc1ccc(CCC(=O)Nc2ccccc2C(=O)N[C@H](C)c2ccccc2)cc1C. The Morgan fingerprint density at radius 3 is 2.30 bits per heavy atom. The fraction of sp³-hybridized carbons (Fsp3) is 0.231. The van der Waals surface area contributed by atoms with Crippen LogP contribution in [-0.4, -0.2) is 11.8 Å². The van der Waals surface area contributed by atoms with Crippen LogP contribution in [0.4, 0.5) is 5.69 Å². The molecule has 154 valence electrons. The van der Waals surface area contributed by atoms with Crippen LogP contribution in [-0.2, 0) is 11.2 Å². The minimum atomic E-state index is -0.212. The number of carbonyl (C=O) groups is 2. The quantitative estimate of drug-likeness (QED) is 0.560. The van der Waals surface area contributed by atoms with Gasteiger partial charge in [0.25, 0.3) is 5.91 Å². The highest BCUT2D eigenvalue weighted by Gasteiger charge is 2.16. The molecular formula is C26H28N2O2. The number of benzene rings is 3. The van der Waals surface area contributed by atoms with Gasteiger partial charge in [-0.3, -0.25) is 9.59 Å². The van der Waals surface area contributed by atoms with Crippen molar-refractivity contribution in [3.05, 3.63) is 101 Å². The van der Waals surface area contributed by atoms with E-state index in [0.29, 0.717) is 24.1 Å². The lowest BCUT2D eigenvalue weighted by molar-refractivity contribution is -0.116. The van der Waals surface area contributed by atoms with Crippen molar-refractivity contribution in [2.45, 2.75) is 39.7 Å². The van der Waals surface area contributed by atoms with Crippen molar-refractivity contribution in [2.24, 2.45) is 0 Å². The van der Waals surface area contributed by atoms with Gasteiger partial charge in [-0.15, -0.1) is 0 Å². The molecular weight excluding hydrogens is 372 g/mol. The number of rotatable bonds is 7. The van der Waals surface area contributed by atoms with Gasteiger partial charge in [-0.2, -0.15) is 0 Å². The number of carbonyl (C=O) groups excluding carboxylic acids is 2. The molecule has 0 aliphatic carbocycles. The Kier molecular flexibility index (Phi) is 7.02. The van der Waals surface area contributed by atoms with Crippen molar-refractivity contribution >= 4 is 17.5 Å². The van der Waals surface area contributed by atoms with Crippen LogP contribution in [0.2, 0.25) is 0 Å². The largest absolute Gasteiger partial charge is 0.345 e. The van der Waals surface area contributed by atoms with E-state index in [1.54, 1.807) is 18.2 Å². The zero-order chi connectivity index (χ0) is 21.5. The van der Waals surface area contributed by atoms with Gasteiger partial charge in [0.05, 0.1) is 17.3 Å². The van der Waals surface area contributed by atoms with Crippen LogP contribution in [0.25, 0.3) is 0 Å². The van der Waals surface area contributed by atoms with Crippen LogP contribution in [0.15, 0.2) is 72.8 Å². The van der Waals surface area contributed by atoms with Crippen molar-refractivity contribution in [1.29, 1.82) is 0 Å². The maximum Gasteiger partial charge on any atom is 0.253 e. The summed E-state index contributed by atoms with van der Waals surface area (Å²) in [7, 11) is 0. The minimum absolute atomic E-state index is 0.107. The van der Waals surface area contributed by atoms with Crippen LogP contribution in [0, 0.1) is 13.8 Å². The van der Waals surface area contributed by atoms with Crippen LogP contribution < -0.4 is 10.6 Å². The number of aryl methyl sites for hydroxylation is 3. The third-order valence-electron chi connectivity index (χ3n) is 5.31. The maximum atomic E-state index is 12.8. The van der Waals surface area contributed by atoms with Crippen molar-refractivity contribution < 1.29 is 9.59 Å². The Labute approximate surface area is 178 Å². The van der Waals surface area contributed by atoms with E-state index in [9.17, 15) is 9.59 Å². The van der Waals surface area contributed by atoms with Crippen LogP contribution >= 0.6 is 0 Å². The second-order valence-electron chi connectivity index (χ2n) is 7.62. The van der Waals surface area contributed by atoms with Gasteiger partial charge in [0.2, 0.25) is 5.91 Å². The topological polar surface area (TPSA) is 58.2 Å². The molecule has 0 aromatic heterocycles. The summed E-state index contributed by atoms with van der Waals surface area (Å²) in [4.78, 5) is 25.3. The summed E-state index contributed by atoms with van der Waals surface area (Å²) < 4.78 is 0. The summed E-state index contributed by atoms with van der Waals surface area (Å²) in [6, 6.07) is 23.0. The monoisotopic (exact) mass is 400 g/mol. The summed E-state index contributed by atoms with van der Waals surface area (Å²) in [6.07, 6.45) is 1.02. The molecule has 1 atom stereocenters. The van der Waals surface area contributed by atoms with E-state index < -0.39 is 0 Å². The number of anilines is 1. The number of hydrogen-bond acceptors (Lipinski definition) is 2. The molecule has 3 aromatic carbocycles. The molecule has 0 bridgehead atoms. The average molecular weight is 401 g/mol. The van der Waals surface area contributed by atoms with Crippen LogP contribution in [0.1, 0.15) is 52.0 Å². The maximum absolute atomic E-state index is 12.8. The highest BCUT2D eigenvalue weighted by Crippen LogP contribution is 2.19. The molecule has 0 spiro atoms. The van der Waals surface area contributed by atoms with Gasteiger partial charge in [-0.25, -0.2) is 0 Å². The zero-order valence-corrected chi connectivity index (χ0v) is 17.7. The van der Waals surface area contributed by atoms with E-state index in [4.69, 9.17) is 0 Å². The molecule has 0 saturated carbocycles. The molecule has 3 rings (SSSR count). The van der Waals surface area contributed by atoms with Crippen molar-refractivity contribution in [3.63, 3.8) is 0 Å². The summed E-state index contributed by atoms with van der Waals surface area (Å²) >= 11 is 0. The normalized spacial score (nSPS) is 11.6. The molecule has 0 radical (unpaired) electrons. The average Bonchev–Trinajstić information content (AvgIpc) is 2.75. The van der Waals surface area contributed by atoms with Gasteiger partial charge in [0.1, 0.15) is 0 Å². The summed E-state index contributed by atoms with van der Waals surface area (Å²) in [5.41, 5.74) is 5.62. The summed E-state index contributed by atoms with van der Waals surface area (Å²) in [5.74, 6) is -0.319. The molecule has 4 nitrogen and oxygen atoms in total. The van der Waals surface area contributed by atoms with E-state index in [1.165, 1.54) is 11.1 Å². The van der Waals surface area contributed by atoms with E-state index in [0.717, 1.165) is 11.1 Å². The highest BCUT2D eigenvalue weighted by atomic mass is 16.2. The highest BCUT2D eigenvalue weighted by molar-refractivity contribution is 6.03. The van der Waals surface area contributed by atoms with Gasteiger partial charge in [0, 0.05) is 6.42 Å². The Bertz CT molecular complexity index is 1030. The molecule has 2 N–H and O–H groups in total. The minimum Gasteiger partial charge on any atom is -0.345 e. The number of hydrogen-bond donors (Lipinski definition) is 2. The number of amides is 2. The van der Waals surface area contributed by atoms with Gasteiger partial charge >= 0.3 is 0 Å². The first-order chi connectivity index (χ1) is 14.4. The molecule has 0 fully saturated rings. The molecule has 0 saturated heterocycles. The molecule has 0 unspecified atom stereocenters. The molecule has 0 aliphatic heterocycles. The van der Waals surface area contributed by atoms with Gasteiger partial charge in [-0.05, 0) is 61.6 Å². The Hall–Kier alpha value is -3.40. The molecule has 0 heterocycles. The lowest BCUT2D eigenvalue weighted by Crippen LogP contribution is -2.28. The van der Waals surface area contributed by atoms with Gasteiger partial charge < -0.3 is 10.6 Å². The molecule has 0 aliphatic rings. The summed E-state index contributed by atoms with van der Waals surface area (Å²) in [6.45, 7) is 6.09. The predicted octanol–water partition coefficient (Wildman–Crippen LogP) is 5.37. The Morgan fingerprint density at radius 1 is 0.867 bits per heavy atom. The van der Waals surface area contributed by atoms with E-state index in [1.807, 2.05) is 43.3 Å². The van der Waals surface area contributed by atoms with Crippen LogP contribution in [0.3, 0.4) is 0 Å². The van der Waals surface area contributed by atoms with Crippen LogP contribution in [0.5, 0.6) is 0 Å². The molecule has 30 heavy (non-hydrogen) atoms. The van der Waals surface area contributed by atoms with Gasteiger partial charge in [-0.1, -0.05) is 60.7 Å². The fourth-order valence-electron chi connectivity index (χ4n) is 3.32. The third-order valence-corrected chi connectivity index (χ3v) is 5.31. The number of nitrogens with one attached hydrogen (secondary N) is 2. The number of para-hydroxylation sites is 1. The van der Waals surface area contributed by atoms with Crippen molar-refractivity contribution in [1.82, 2.24) is 5.32 Å². The van der Waals surface area contributed by atoms with Crippen molar-refractivity contribution in [3.8, 4) is 0 Å². The first-order valence-electron chi connectivity index (χ1n) is 10.2. The van der Waals surface area contributed by atoms with E-state index in [-0.39, 0.29) is 17.9 Å². The molecule has 2 amide bonds. The lowest BCUT2D eigenvalue weighted by atomic mass is 10.0. The fourth-order valence-corrected chi connectivity index (χ4v) is 3.32. The molecule has 4 heteroatoms. The first kappa shape index (κ1) is 21.3. The third kappa shape index (κ3) is 5.57. The second kappa shape index (κ2) is 9.88. The van der Waals surface area contributed by atoms with Crippen molar-refractivity contribution in [2.75, 3.05) is 5.32 Å². The standard InChI is InChI=1S/C26H28N2O2/c1-18-13-14-21(17-19(18)2)15-16-25(29)28-24-12-8-7-11-23(24)26(30)27-20(3)22-9-5-4-6-10-22/h4-14,17,20H,15-16H2,1-3H3,(H,27,30)(H,28,29)/t20-/m1/s1. The Balaban J connectivity index is 1.63. The first-order valence-corrected chi connectivity index (χ1v) is 10.2. The van der Waals surface area contributed by atoms with E-state index >= 15 is 0 Å². The predicted molar refractivity (Wildman–Crippen MR) is 122 cm³/mol. The van der Waals surface area contributed by atoms with E-state index in [2.05, 4.69) is 42.7 Å². The summed E-state index contributed by atoms with van der Waals surface area (Å²) in [5, 5.41) is 5.91. The second-order valence-corrected chi connectivity index (χ2v) is 7.62. The molecule has 3 aromatic rings. The zero-order valence-electron chi connectivity index (χ0n) is 17.7. The smallest absolute Gasteiger partial charge is 0.253 e. The Morgan fingerprint density at radius 2 is 1.57 bits per heavy atom.